The number of hydrogen-bond donors (Lipinski definition) is 2. The van der Waals surface area contributed by atoms with E-state index in [4.69, 9.17) is 4.74 Å². The molecular weight excluding hydrogens is 361 g/mol. The van der Waals surface area contributed by atoms with Crippen molar-refractivity contribution in [1.29, 1.82) is 0 Å². The fourth-order valence-electron chi connectivity index (χ4n) is 2.08. The van der Waals surface area contributed by atoms with Gasteiger partial charge in [-0.25, -0.2) is 4.98 Å². The number of benzene rings is 1. The zero-order valence-corrected chi connectivity index (χ0v) is 16.5. The second-order valence-electron chi connectivity index (χ2n) is 5.68. The first-order valence-electron chi connectivity index (χ1n) is 7.66. The first kappa shape index (κ1) is 23.2. The number of amides is 1. The molecule has 1 aromatic heterocycles. The van der Waals surface area contributed by atoms with E-state index in [9.17, 15) is 4.79 Å². The maximum Gasteiger partial charge on any atom is 0.228 e. The van der Waals surface area contributed by atoms with Crippen molar-refractivity contribution in [2.24, 2.45) is 5.92 Å². The number of carbonyl (C=O) groups excluding carboxylic acids is 1. The van der Waals surface area contributed by atoms with Crippen LogP contribution in [0.25, 0.3) is 0 Å². The maximum absolute atomic E-state index is 11.9. The zero-order chi connectivity index (χ0) is 16.8. The molecule has 0 spiro atoms. The molecule has 1 unspecified atom stereocenters. The molecule has 1 aromatic carbocycles. The van der Waals surface area contributed by atoms with Crippen LogP contribution in [-0.4, -0.2) is 24.5 Å². The van der Waals surface area contributed by atoms with Gasteiger partial charge < -0.3 is 15.4 Å². The Morgan fingerprint density at radius 1 is 1.16 bits per heavy atom. The van der Waals surface area contributed by atoms with Crippen LogP contribution >= 0.6 is 24.8 Å². The van der Waals surface area contributed by atoms with Crippen LogP contribution in [-0.2, 0) is 4.79 Å². The molecular formula is C18H25Cl2N3O2. The van der Waals surface area contributed by atoms with Crippen molar-refractivity contribution >= 4 is 36.4 Å². The Labute approximate surface area is 161 Å². The van der Waals surface area contributed by atoms with Crippen molar-refractivity contribution in [3.05, 3.63) is 47.7 Å². The largest absolute Gasteiger partial charge is 0.439 e. The van der Waals surface area contributed by atoms with Crippen LogP contribution in [0.15, 0.2) is 36.5 Å². The van der Waals surface area contributed by atoms with E-state index in [-0.39, 0.29) is 36.6 Å². The third-order valence-corrected chi connectivity index (χ3v) is 3.66. The molecule has 0 aliphatic heterocycles. The predicted molar refractivity (Wildman–Crippen MR) is 106 cm³/mol. The number of carbonyl (C=O) groups is 1. The van der Waals surface area contributed by atoms with E-state index < -0.39 is 0 Å². The van der Waals surface area contributed by atoms with E-state index >= 15 is 0 Å². The Morgan fingerprint density at radius 3 is 2.44 bits per heavy atom. The number of pyridine rings is 1. The van der Waals surface area contributed by atoms with Crippen molar-refractivity contribution in [3.8, 4) is 11.6 Å². The third kappa shape index (κ3) is 6.90. The van der Waals surface area contributed by atoms with Crippen LogP contribution in [0.5, 0.6) is 11.6 Å². The SMILES string of the molecule is CNCC(C)C(=O)Nc1ccc(Oc2ccc(C)c(C)c2)nc1.Cl.Cl. The molecule has 0 aliphatic carbocycles. The van der Waals surface area contributed by atoms with Gasteiger partial charge in [0.25, 0.3) is 0 Å². The van der Waals surface area contributed by atoms with E-state index in [0.29, 0.717) is 18.1 Å². The minimum atomic E-state index is -0.105. The van der Waals surface area contributed by atoms with Gasteiger partial charge in [0, 0.05) is 18.5 Å². The molecule has 0 bridgehead atoms. The number of halogens is 2. The van der Waals surface area contributed by atoms with Gasteiger partial charge in [0.05, 0.1) is 11.9 Å². The third-order valence-electron chi connectivity index (χ3n) is 3.66. The summed E-state index contributed by atoms with van der Waals surface area (Å²) in [5, 5.41) is 5.82. The van der Waals surface area contributed by atoms with Crippen molar-refractivity contribution in [2.75, 3.05) is 18.9 Å². The highest BCUT2D eigenvalue weighted by Gasteiger charge is 2.12. The van der Waals surface area contributed by atoms with Crippen molar-refractivity contribution < 1.29 is 9.53 Å². The van der Waals surface area contributed by atoms with Crippen LogP contribution < -0.4 is 15.4 Å². The highest BCUT2D eigenvalue weighted by atomic mass is 35.5. The molecule has 0 fully saturated rings. The van der Waals surface area contributed by atoms with Gasteiger partial charge in [0.15, 0.2) is 0 Å². The molecule has 7 heteroatoms. The van der Waals surface area contributed by atoms with Gasteiger partial charge in [-0.2, -0.15) is 0 Å². The molecule has 1 amide bonds. The highest BCUT2D eigenvalue weighted by Crippen LogP contribution is 2.23. The fraction of sp³-hybridized carbons (Fsp3) is 0.333. The summed E-state index contributed by atoms with van der Waals surface area (Å²) in [5.74, 6) is 1.10. The van der Waals surface area contributed by atoms with Crippen LogP contribution in [0, 0.1) is 19.8 Å². The van der Waals surface area contributed by atoms with Gasteiger partial charge in [-0.05, 0) is 50.2 Å². The second kappa shape index (κ2) is 10.9. The number of aromatic nitrogens is 1. The molecule has 2 N–H and O–H groups in total. The predicted octanol–water partition coefficient (Wildman–Crippen LogP) is 4.13. The van der Waals surface area contributed by atoms with Crippen LogP contribution in [0.3, 0.4) is 0 Å². The smallest absolute Gasteiger partial charge is 0.228 e. The van der Waals surface area contributed by atoms with Gasteiger partial charge in [-0.1, -0.05) is 13.0 Å². The minimum absolute atomic E-state index is 0. The molecule has 0 radical (unpaired) electrons. The first-order chi connectivity index (χ1) is 11.0. The summed E-state index contributed by atoms with van der Waals surface area (Å²) in [7, 11) is 1.82. The number of ether oxygens (including phenoxy) is 1. The first-order valence-corrected chi connectivity index (χ1v) is 7.66. The highest BCUT2D eigenvalue weighted by molar-refractivity contribution is 5.92. The average molecular weight is 386 g/mol. The monoisotopic (exact) mass is 385 g/mol. The molecule has 1 heterocycles. The van der Waals surface area contributed by atoms with Crippen LogP contribution in [0.2, 0.25) is 0 Å². The summed E-state index contributed by atoms with van der Waals surface area (Å²) in [6.45, 7) is 6.61. The molecule has 5 nitrogen and oxygen atoms in total. The van der Waals surface area contributed by atoms with Gasteiger partial charge in [0.1, 0.15) is 5.75 Å². The van der Waals surface area contributed by atoms with E-state index in [1.54, 1.807) is 18.3 Å². The summed E-state index contributed by atoms with van der Waals surface area (Å²) in [6.07, 6.45) is 1.60. The fourth-order valence-corrected chi connectivity index (χ4v) is 2.08. The maximum atomic E-state index is 11.9. The Balaban J connectivity index is 0.00000288. The number of nitrogens with zero attached hydrogens (tertiary/aromatic N) is 1. The normalized spacial score (nSPS) is 10.9. The van der Waals surface area contributed by atoms with Crippen molar-refractivity contribution in [1.82, 2.24) is 10.3 Å². The molecule has 2 rings (SSSR count). The minimum Gasteiger partial charge on any atom is -0.439 e. The van der Waals surface area contributed by atoms with Gasteiger partial charge in [-0.15, -0.1) is 24.8 Å². The zero-order valence-electron chi connectivity index (χ0n) is 14.8. The molecule has 0 saturated carbocycles. The van der Waals surface area contributed by atoms with Crippen molar-refractivity contribution in [3.63, 3.8) is 0 Å². The Bertz CT molecular complexity index is 679. The molecule has 0 saturated heterocycles. The Hall–Kier alpha value is -1.82. The molecule has 25 heavy (non-hydrogen) atoms. The van der Waals surface area contributed by atoms with Gasteiger partial charge in [0.2, 0.25) is 11.8 Å². The lowest BCUT2D eigenvalue weighted by Gasteiger charge is -2.12. The van der Waals surface area contributed by atoms with Crippen LogP contribution in [0.4, 0.5) is 5.69 Å². The number of anilines is 1. The summed E-state index contributed by atoms with van der Waals surface area (Å²) in [6, 6.07) is 9.44. The quantitative estimate of drug-likeness (QED) is 0.784. The van der Waals surface area contributed by atoms with Gasteiger partial charge in [-0.3, -0.25) is 4.79 Å². The van der Waals surface area contributed by atoms with Crippen LogP contribution in [0.1, 0.15) is 18.1 Å². The molecule has 1 atom stereocenters. The lowest BCUT2D eigenvalue weighted by Crippen LogP contribution is -2.28. The average Bonchev–Trinajstić information content (AvgIpc) is 2.53. The summed E-state index contributed by atoms with van der Waals surface area (Å²) in [4.78, 5) is 16.2. The van der Waals surface area contributed by atoms with Crippen molar-refractivity contribution in [2.45, 2.75) is 20.8 Å². The van der Waals surface area contributed by atoms with E-state index in [0.717, 1.165) is 5.75 Å². The summed E-state index contributed by atoms with van der Waals surface area (Å²) < 4.78 is 5.73. The molecule has 138 valence electrons. The molecule has 0 aliphatic rings. The molecule has 2 aromatic rings. The summed E-state index contributed by atoms with van der Waals surface area (Å²) >= 11 is 0. The summed E-state index contributed by atoms with van der Waals surface area (Å²) in [5.41, 5.74) is 3.05. The second-order valence-corrected chi connectivity index (χ2v) is 5.68. The Morgan fingerprint density at radius 2 is 1.88 bits per heavy atom. The number of nitrogens with one attached hydrogen (secondary N) is 2. The topological polar surface area (TPSA) is 63.2 Å². The lowest BCUT2D eigenvalue weighted by atomic mass is 10.1. The number of rotatable bonds is 6. The lowest BCUT2D eigenvalue weighted by molar-refractivity contribution is -0.119. The number of aryl methyl sites for hydroxylation is 2. The van der Waals surface area contributed by atoms with E-state index in [2.05, 4.69) is 22.5 Å². The Kier molecular flexibility index (Phi) is 10.1. The van der Waals surface area contributed by atoms with E-state index in [1.165, 1.54) is 11.1 Å². The number of hydrogen-bond acceptors (Lipinski definition) is 4. The standard InChI is InChI=1S/C18H23N3O2.2ClH/c1-12-5-7-16(9-13(12)2)23-17-8-6-15(11-20-17)21-18(22)14(3)10-19-4;;/h5-9,11,14,19H,10H2,1-4H3,(H,21,22);2*1H. The van der Waals surface area contributed by atoms with Gasteiger partial charge >= 0.3 is 0 Å². The van der Waals surface area contributed by atoms with E-state index in [1.807, 2.05) is 39.1 Å².